The first-order valence-corrected chi connectivity index (χ1v) is 14.7. The highest BCUT2D eigenvalue weighted by Crippen LogP contribution is 2.34. The molecule has 0 bridgehead atoms. The van der Waals surface area contributed by atoms with Gasteiger partial charge in [-0.05, 0) is 67.9 Å². The molecule has 11 heteroatoms. The van der Waals surface area contributed by atoms with Crippen molar-refractivity contribution in [1.29, 1.82) is 0 Å². The van der Waals surface area contributed by atoms with Crippen LogP contribution in [-0.2, 0) is 19.9 Å². The molecule has 0 saturated carbocycles. The number of ketones is 1. The third-order valence-corrected chi connectivity index (χ3v) is 9.99. The van der Waals surface area contributed by atoms with Gasteiger partial charge in [-0.25, -0.2) is 21.6 Å². The normalized spacial score (nSPS) is 19.5. The predicted molar refractivity (Wildman–Crippen MR) is 135 cm³/mol. The van der Waals surface area contributed by atoms with Crippen molar-refractivity contribution < 1.29 is 31.1 Å². The lowest BCUT2D eigenvalue weighted by Crippen LogP contribution is -2.52. The summed E-state index contributed by atoms with van der Waals surface area (Å²) in [6.07, 6.45) is 0.390. The highest BCUT2D eigenvalue weighted by Gasteiger charge is 2.36. The molecule has 3 aromatic carbocycles. The number of nitrogens with one attached hydrogen (secondary N) is 2. The van der Waals surface area contributed by atoms with Crippen LogP contribution in [0.3, 0.4) is 0 Å². The Morgan fingerprint density at radius 3 is 2.46 bits per heavy atom. The summed E-state index contributed by atoms with van der Waals surface area (Å²) >= 11 is 0. The van der Waals surface area contributed by atoms with E-state index in [1.165, 1.54) is 30.3 Å². The number of benzene rings is 3. The molecule has 2 aliphatic rings. The number of carbonyl (C=O) groups is 1. The number of ether oxygens (including phenoxy) is 2. The lowest BCUT2D eigenvalue weighted by atomic mass is 9.87. The van der Waals surface area contributed by atoms with Crippen LogP contribution in [0.1, 0.15) is 22.3 Å². The van der Waals surface area contributed by atoms with Crippen molar-refractivity contribution in [2.75, 3.05) is 19.9 Å². The standard InChI is InChI=1S/C26H26N2O7S2/c1-17-7-9-20(36(30,31)19-5-3-2-4-6-19)14-25(17)37(32,33)28-22-11-12-27-15-21(22)26(29)18-8-10-23-24(13-18)35-16-34-23/h2-10,13-14,21-22,27-28H,11-12,15-16H2,1H3. The second-order valence-electron chi connectivity index (χ2n) is 9.00. The van der Waals surface area contributed by atoms with E-state index in [4.69, 9.17) is 9.47 Å². The Morgan fingerprint density at radius 1 is 0.919 bits per heavy atom. The number of hydrogen-bond donors (Lipinski definition) is 2. The monoisotopic (exact) mass is 542 g/mol. The lowest BCUT2D eigenvalue weighted by molar-refractivity contribution is 0.0876. The molecule has 2 atom stereocenters. The number of sulfone groups is 1. The molecule has 37 heavy (non-hydrogen) atoms. The third-order valence-electron chi connectivity index (χ3n) is 6.60. The van der Waals surface area contributed by atoms with Crippen LogP contribution >= 0.6 is 0 Å². The van der Waals surface area contributed by atoms with Crippen molar-refractivity contribution in [2.24, 2.45) is 5.92 Å². The van der Waals surface area contributed by atoms with Crippen LogP contribution in [0, 0.1) is 12.8 Å². The van der Waals surface area contributed by atoms with Gasteiger partial charge < -0.3 is 14.8 Å². The molecule has 0 spiro atoms. The molecular formula is C26H26N2O7S2. The molecule has 0 radical (unpaired) electrons. The largest absolute Gasteiger partial charge is 0.454 e. The molecule has 3 aromatic rings. The van der Waals surface area contributed by atoms with E-state index in [0.717, 1.165) is 0 Å². The van der Waals surface area contributed by atoms with Crippen LogP contribution in [0.4, 0.5) is 0 Å². The lowest BCUT2D eigenvalue weighted by Gasteiger charge is -2.32. The van der Waals surface area contributed by atoms with Gasteiger partial charge in [0.2, 0.25) is 26.7 Å². The molecule has 0 amide bonds. The van der Waals surface area contributed by atoms with Gasteiger partial charge in [0, 0.05) is 18.2 Å². The van der Waals surface area contributed by atoms with E-state index >= 15 is 0 Å². The molecule has 2 aliphatic heterocycles. The number of carbonyl (C=O) groups excluding carboxylic acids is 1. The van der Waals surface area contributed by atoms with Crippen LogP contribution < -0.4 is 19.5 Å². The molecule has 9 nitrogen and oxygen atoms in total. The summed E-state index contributed by atoms with van der Waals surface area (Å²) in [5, 5.41) is 3.16. The van der Waals surface area contributed by atoms with E-state index in [1.807, 2.05) is 0 Å². The van der Waals surface area contributed by atoms with Crippen molar-refractivity contribution in [1.82, 2.24) is 10.0 Å². The smallest absolute Gasteiger partial charge is 0.241 e. The van der Waals surface area contributed by atoms with Crippen LogP contribution in [0.25, 0.3) is 0 Å². The van der Waals surface area contributed by atoms with Gasteiger partial charge in [0.15, 0.2) is 17.3 Å². The molecular weight excluding hydrogens is 516 g/mol. The number of fused-ring (bicyclic) bond motifs is 1. The van der Waals surface area contributed by atoms with Crippen molar-refractivity contribution in [3.8, 4) is 11.5 Å². The molecule has 1 fully saturated rings. The highest BCUT2D eigenvalue weighted by molar-refractivity contribution is 7.91. The van der Waals surface area contributed by atoms with Crippen molar-refractivity contribution >= 4 is 25.6 Å². The molecule has 1 saturated heterocycles. The average molecular weight is 543 g/mol. The van der Waals surface area contributed by atoms with Gasteiger partial charge in [-0.2, -0.15) is 0 Å². The predicted octanol–water partition coefficient (Wildman–Crippen LogP) is 2.70. The maximum Gasteiger partial charge on any atom is 0.241 e. The van der Waals surface area contributed by atoms with Crippen LogP contribution in [-0.4, -0.2) is 48.5 Å². The van der Waals surface area contributed by atoms with Crippen LogP contribution in [0.2, 0.25) is 0 Å². The summed E-state index contributed by atoms with van der Waals surface area (Å²) in [6, 6.07) is 16.1. The Bertz CT molecular complexity index is 1550. The second kappa shape index (κ2) is 9.90. The summed E-state index contributed by atoms with van der Waals surface area (Å²) in [5.74, 6) is 0.131. The van der Waals surface area contributed by atoms with Gasteiger partial charge in [0.1, 0.15) is 0 Å². The number of piperidine rings is 1. The van der Waals surface area contributed by atoms with Crippen molar-refractivity contribution in [3.63, 3.8) is 0 Å². The Hall–Kier alpha value is -3.25. The first-order chi connectivity index (χ1) is 17.7. The summed E-state index contributed by atoms with van der Waals surface area (Å²) in [4.78, 5) is 13.2. The topological polar surface area (TPSA) is 128 Å². The van der Waals surface area contributed by atoms with E-state index in [9.17, 15) is 21.6 Å². The van der Waals surface area contributed by atoms with E-state index in [0.29, 0.717) is 42.1 Å². The van der Waals surface area contributed by atoms with Gasteiger partial charge >= 0.3 is 0 Å². The van der Waals surface area contributed by atoms with E-state index in [-0.39, 0.29) is 27.3 Å². The maximum absolute atomic E-state index is 13.5. The van der Waals surface area contributed by atoms with Gasteiger partial charge in [0.25, 0.3) is 0 Å². The summed E-state index contributed by atoms with van der Waals surface area (Å²) in [7, 11) is -8.07. The van der Waals surface area contributed by atoms with E-state index in [2.05, 4.69) is 10.0 Å². The summed E-state index contributed by atoms with van der Waals surface area (Å²) in [5.41, 5.74) is 0.793. The number of Topliss-reactive ketones (excluding diaryl/α,β-unsaturated/α-hetero) is 1. The van der Waals surface area contributed by atoms with Gasteiger partial charge in [-0.15, -0.1) is 0 Å². The van der Waals surface area contributed by atoms with Gasteiger partial charge in [-0.3, -0.25) is 4.79 Å². The Morgan fingerprint density at radius 2 is 1.68 bits per heavy atom. The molecule has 2 N–H and O–H groups in total. The zero-order chi connectivity index (χ0) is 26.2. The minimum atomic E-state index is -4.15. The van der Waals surface area contributed by atoms with Crippen molar-refractivity contribution in [3.05, 3.63) is 77.9 Å². The molecule has 194 valence electrons. The Kier molecular flexibility index (Phi) is 6.80. The number of rotatable bonds is 7. The van der Waals surface area contributed by atoms with E-state index in [1.54, 1.807) is 43.3 Å². The molecule has 5 rings (SSSR count). The third kappa shape index (κ3) is 4.99. The first kappa shape index (κ1) is 25.4. The van der Waals surface area contributed by atoms with E-state index < -0.39 is 31.8 Å². The Labute approximate surface area is 215 Å². The Balaban J connectivity index is 1.43. The number of aryl methyl sites for hydroxylation is 1. The van der Waals surface area contributed by atoms with Crippen LogP contribution in [0.15, 0.2) is 81.4 Å². The number of hydrogen-bond acceptors (Lipinski definition) is 8. The minimum absolute atomic E-state index is 0.0721. The fraction of sp³-hybridized carbons (Fsp3) is 0.269. The molecule has 2 heterocycles. The fourth-order valence-corrected chi connectivity index (χ4v) is 7.54. The highest BCUT2D eigenvalue weighted by atomic mass is 32.2. The quantitative estimate of drug-likeness (QED) is 0.436. The molecule has 2 unspecified atom stereocenters. The molecule has 0 aliphatic carbocycles. The number of sulfonamides is 1. The second-order valence-corrected chi connectivity index (χ2v) is 12.6. The summed E-state index contributed by atoms with van der Waals surface area (Å²) < 4.78 is 66.6. The average Bonchev–Trinajstić information content (AvgIpc) is 3.37. The minimum Gasteiger partial charge on any atom is -0.454 e. The first-order valence-electron chi connectivity index (χ1n) is 11.7. The molecule has 0 aromatic heterocycles. The maximum atomic E-state index is 13.5. The summed E-state index contributed by atoms with van der Waals surface area (Å²) in [6.45, 7) is 2.51. The zero-order valence-electron chi connectivity index (χ0n) is 20.0. The zero-order valence-corrected chi connectivity index (χ0v) is 21.6. The van der Waals surface area contributed by atoms with Gasteiger partial charge in [0.05, 0.1) is 20.6 Å². The SMILES string of the molecule is Cc1ccc(S(=O)(=O)c2ccccc2)cc1S(=O)(=O)NC1CCNCC1C(=O)c1ccc2c(c1)OCO2. The van der Waals surface area contributed by atoms with Gasteiger partial charge in [-0.1, -0.05) is 24.3 Å². The fourth-order valence-electron chi connectivity index (χ4n) is 4.57. The van der Waals surface area contributed by atoms with Crippen molar-refractivity contribution in [2.45, 2.75) is 34.1 Å². The van der Waals surface area contributed by atoms with Crippen LogP contribution in [0.5, 0.6) is 11.5 Å².